The fourth-order valence-corrected chi connectivity index (χ4v) is 5.02. The normalized spacial score (nSPS) is 25.7. The second kappa shape index (κ2) is 10.9. The molecule has 1 aliphatic carbocycles. The molecule has 32 heavy (non-hydrogen) atoms. The van der Waals surface area contributed by atoms with Gasteiger partial charge in [-0.2, -0.15) is 0 Å². The molecular formula is C25H34FN3O3. The number of likely N-dealkylation sites (tertiary alicyclic amines) is 1. The molecule has 2 atom stereocenters. The first-order valence-electron chi connectivity index (χ1n) is 12.0. The van der Waals surface area contributed by atoms with Crippen LogP contribution in [0.4, 0.5) is 4.39 Å². The molecule has 0 radical (unpaired) electrons. The molecule has 7 heteroatoms. The second-order valence-electron chi connectivity index (χ2n) is 9.08. The minimum atomic E-state index is -0.403. The number of fused-ring (bicyclic) bond motifs is 1. The Balaban J connectivity index is 1.40. The van der Waals surface area contributed by atoms with Gasteiger partial charge in [-0.25, -0.2) is 4.39 Å². The van der Waals surface area contributed by atoms with Gasteiger partial charge in [-0.3, -0.25) is 9.59 Å². The zero-order chi connectivity index (χ0) is 22.3. The lowest BCUT2D eigenvalue weighted by Gasteiger charge is -2.44. The molecule has 2 unspecified atom stereocenters. The number of carbonyl (C=O) groups excluding carboxylic acids is 2. The molecule has 2 saturated heterocycles. The number of amides is 2. The van der Waals surface area contributed by atoms with Gasteiger partial charge < -0.3 is 19.9 Å². The van der Waals surface area contributed by atoms with Crippen LogP contribution in [0.25, 0.3) is 6.08 Å². The minimum Gasteiger partial charge on any atom is -0.482 e. The molecule has 2 aliphatic heterocycles. The summed E-state index contributed by atoms with van der Waals surface area (Å²) in [7, 11) is 0. The van der Waals surface area contributed by atoms with Crippen LogP contribution < -0.4 is 5.32 Å². The maximum atomic E-state index is 14.1. The van der Waals surface area contributed by atoms with Gasteiger partial charge in [0, 0.05) is 18.7 Å². The van der Waals surface area contributed by atoms with Crippen LogP contribution in [-0.2, 0) is 14.3 Å². The van der Waals surface area contributed by atoms with Gasteiger partial charge in [0.25, 0.3) is 5.91 Å². The molecule has 0 bridgehead atoms. The average molecular weight is 444 g/mol. The van der Waals surface area contributed by atoms with Crippen molar-refractivity contribution in [3.05, 3.63) is 41.4 Å². The van der Waals surface area contributed by atoms with E-state index in [1.165, 1.54) is 37.8 Å². The lowest BCUT2D eigenvalue weighted by Crippen LogP contribution is -2.57. The van der Waals surface area contributed by atoms with E-state index in [2.05, 4.69) is 10.2 Å². The third-order valence-electron chi connectivity index (χ3n) is 6.77. The summed E-state index contributed by atoms with van der Waals surface area (Å²) in [6.45, 7) is 3.62. The molecule has 3 fully saturated rings. The third kappa shape index (κ3) is 5.68. The average Bonchev–Trinajstić information content (AvgIpc) is 3.07. The van der Waals surface area contributed by atoms with Crippen LogP contribution in [0, 0.1) is 5.82 Å². The van der Waals surface area contributed by atoms with Crippen LogP contribution in [-0.4, -0.2) is 66.5 Å². The van der Waals surface area contributed by atoms with Crippen LogP contribution in [0.15, 0.2) is 30.0 Å². The number of hydrogen-bond acceptors (Lipinski definition) is 4. The van der Waals surface area contributed by atoms with Crippen LogP contribution in [0.2, 0.25) is 0 Å². The van der Waals surface area contributed by atoms with E-state index >= 15 is 0 Å². The van der Waals surface area contributed by atoms with Crippen molar-refractivity contribution in [2.24, 2.45) is 0 Å². The molecule has 0 spiro atoms. The molecule has 0 aromatic heterocycles. The topological polar surface area (TPSA) is 61.9 Å². The van der Waals surface area contributed by atoms with E-state index < -0.39 is 5.82 Å². The van der Waals surface area contributed by atoms with E-state index in [9.17, 15) is 14.0 Å². The Hall–Kier alpha value is -2.41. The molecule has 1 aromatic carbocycles. The first-order valence-corrected chi connectivity index (χ1v) is 12.0. The predicted octanol–water partition coefficient (Wildman–Crippen LogP) is 3.33. The van der Waals surface area contributed by atoms with Gasteiger partial charge in [-0.05, 0) is 57.3 Å². The molecule has 1 N–H and O–H groups in total. The van der Waals surface area contributed by atoms with Crippen molar-refractivity contribution in [1.29, 1.82) is 0 Å². The fourth-order valence-electron chi connectivity index (χ4n) is 5.02. The largest absolute Gasteiger partial charge is 0.482 e. The zero-order valence-electron chi connectivity index (χ0n) is 18.7. The number of rotatable bonds is 6. The number of carbonyl (C=O) groups is 2. The predicted molar refractivity (Wildman–Crippen MR) is 121 cm³/mol. The summed E-state index contributed by atoms with van der Waals surface area (Å²) in [5, 5.41) is 2.99. The van der Waals surface area contributed by atoms with Gasteiger partial charge >= 0.3 is 0 Å². The maximum absolute atomic E-state index is 14.1. The Bertz CT molecular complexity index is 835. The number of halogens is 1. The highest BCUT2D eigenvalue weighted by Crippen LogP contribution is 2.33. The summed E-state index contributed by atoms with van der Waals surface area (Å²) in [4.78, 5) is 30.0. The number of ether oxygens (including phenoxy) is 1. The highest BCUT2D eigenvalue weighted by Gasteiger charge is 2.42. The molecular weight excluding hydrogens is 409 g/mol. The molecule has 4 rings (SSSR count). The molecule has 6 nitrogen and oxygen atoms in total. The van der Waals surface area contributed by atoms with Crippen molar-refractivity contribution in [3.8, 4) is 0 Å². The Kier molecular flexibility index (Phi) is 7.79. The summed E-state index contributed by atoms with van der Waals surface area (Å²) < 4.78 is 20.1. The number of nitrogens with one attached hydrogen (secondary N) is 1. The Labute approximate surface area is 189 Å². The first-order chi connectivity index (χ1) is 15.6. The summed E-state index contributed by atoms with van der Waals surface area (Å²) in [6, 6.07) is 6.21. The van der Waals surface area contributed by atoms with Gasteiger partial charge in [0.2, 0.25) is 5.91 Å². The number of hydrogen-bond donors (Lipinski definition) is 1. The summed E-state index contributed by atoms with van der Waals surface area (Å²) >= 11 is 0. The summed E-state index contributed by atoms with van der Waals surface area (Å²) in [5.74, 6) is -0.765. The number of morpholine rings is 1. The lowest BCUT2D eigenvalue weighted by molar-refractivity contribution is -0.151. The summed E-state index contributed by atoms with van der Waals surface area (Å²) in [6.07, 6.45) is 10.0. The van der Waals surface area contributed by atoms with Crippen molar-refractivity contribution in [1.82, 2.24) is 15.1 Å². The number of nitrogens with zero attached hydrogens (tertiary/aromatic N) is 2. The quantitative estimate of drug-likeness (QED) is 0.685. The van der Waals surface area contributed by atoms with E-state index in [1.807, 2.05) is 0 Å². The third-order valence-corrected chi connectivity index (χ3v) is 6.77. The van der Waals surface area contributed by atoms with Crippen molar-refractivity contribution >= 4 is 17.9 Å². The molecule has 1 saturated carbocycles. The van der Waals surface area contributed by atoms with Crippen LogP contribution in [0.3, 0.4) is 0 Å². The molecule has 3 aliphatic rings. The second-order valence-corrected chi connectivity index (χ2v) is 9.08. The zero-order valence-corrected chi connectivity index (χ0v) is 18.7. The monoisotopic (exact) mass is 443 g/mol. The Morgan fingerprint density at radius 3 is 2.62 bits per heavy atom. The van der Waals surface area contributed by atoms with E-state index in [0.29, 0.717) is 12.1 Å². The van der Waals surface area contributed by atoms with Gasteiger partial charge in [0.15, 0.2) is 5.76 Å². The Morgan fingerprint density at radius 2 is 1.84 bits per heavy atom. The highest BCUT2D eigenvalue weighted by atomic mass is 19.1. The smallest absolute Gasteiger partial charge is 0.289 e. The van der Waals surface area contributed by atoms with Crippen molar-refractivity contribution in [3.63, 3.8) is 0 Å². The van der Waals surface area contributed by atoms with Gasteiger partial charge in [-0.15, -0.1) is 0 Å². The lowest BCUT2D eigenvalue weighted by atomic mass is 9.89. The fraction of sp³-hybridized carbons (Fsp3) is 0.600. The first kappa shape index (κ1) is 22.8. The summed E-state index contributed by atoms with van der Waals surface area (Å²) in [5.41, 5.74) is 0.312. The standard InChI is InChI=1S/C25H34FN3O3/c26-20-10-4-3-9-19(20)17-23-25(31)29(21-11-5-6-12-22(21)32-23)18-24(30)27-13-16-28-14-7-1-2-8-15-28/h3-4,9-10,17,21-22H,1-2,5-8,11-16,18H2,(H,27,30)/b23-17-. The molecule has 174 valence electrons. The van der Waals surface area contributed by atoms with Crippen LogP contribution in [0.5, 0.6) is 0 Å². The maximum Gasteiger partial charge on any atom is 0.289 e. The molecule has 2 amide bonds. The van der Waals surface area contributed by atoms with Gasteiger partial charge in [-0.1, -0.05) is 37.5 Å². The van der Waals surface area contributed by atoms with Gasteiger partial charge in [0.1, 0.15) is 18.5 Å². The molecule has 1 aromatic rings. The van der Waals surface area contributed by atoms with E-state index in [-0.39, 0.29) is 36.3 Å². The van der Waals surface area contributed by atoms with E-state index in [4.69, 9.17) is 4.74 Å². The van der Waals surface area contributed by atoms with Crippen LogP contribution in [0.1, 0.15) is 56.9 Å². The van der Waals surface area contributed by atoms with Crippen LogP contribution >= 0.6 is 0 Å². The van der Waals surface area contributed by atoms with E-state index in [1.54, 1.807) is 23.1 Å². The number of benzene rings is 1. The Morgan fingerprint density at radius 1 is 1.09 bits per heavy atom. The molecule has 2 heterocycles. The van der Waals surface area contributed by atoms with Crippen molar-refractivity contribution < 1.29 is 18.7 Å². The van der Waals surface area contributed by atoms with Gasteiger partial charge in [0.05, 0.1) is 6.04 Å². The van der Waals surface area contributed by atoms with Crippen molar-refractivity contribution in [2.75, 3.05) is 32.7 Å². The van der Waals surface area contributed by atoms with E-state index in [0.717, 1.165) is 45.3 Å². The van der Waals surface area contributed by atoms with Crippen molar-refractivity contribution in [2.45, 2.75) is 63.5 Å². The highest BCUT2D eigenvalue weighted by molar-refractivity contribution is 5.98. The SMILES string of the molecule is O=C(CN1C(=O)/C(=C/c2ccccc2F)OC2CCCCC21)NCCN1CCCCCC1. The minimum absolute atomic E-state index is 0.0119.